The van der Waals surface area contributed by atoms with Gasteiger partial charge >= 0.3 is 6.18 Å². The summed E-state index contributed by atoms with van der Waals surface area (Å²) >= 11 is 0. The van der Waals surface area contributed by atoms with E-state index < -0.39 is 17.5 Å². The minimum Gasteiger partial charge on any atom is -0.493 e. The largest absolute Gasteiger partial charge is 0.493 e. The summed E-state index contributed by atoms with van der Waals surface area (Å²) in [7, 11) is 2.99. The van der Waals surface area contributed by atoms with Crippen LogP contribution in [0.2, 0.25) is 0 Å². The van der Waals surface area contributed by atoms with E-state index in [4.69, 9.17) is 9.47 Å². The molecular formula is C24H21F3O4. The van der Waals surface area contributed by atoms with Gasteiger partial charge in [0.2, 0.25) is 0 Å². The maximum atomic E-state index is 13.2. The number of ether oxygens (including phenoxy) is 2. The number of rotatable bonds is 7. The second-order valence-electron chi connectivity index (χ2n) is 6.79. The Bertz CT molecular complexity index is 1070. The monoisotopic (exact) mass is 430 g/mol. The smallest absolute Gasteiger partial charge is 0.416 e. The molecule has 0 aliphatic carbocycles. The highest BCUT2D eigenvalue weighted by atomic mass is 19.4. The predicted octanol–water partition coefficient (Wildman–Crippen LogP) is 5.16. The average molecular weight is 430 g/mol. The fraction of sp³-hybridized carbons (Fsp3) is 0.208. The lowest BCUT2D eigenvalue weighted by molar-refractivity contribution is -0.137. The first-order valence-electron chi connectivity index (χ1n) is 9.47. The van der Waals surface area contributed by atoms with Gasteiger partial charge in [0.25, 0.3) is 0 Å². The molecule has 4 nitrogen and oxygen atoms in total. The molecule has 0 heterocycles. The lowest BCUT2D eigenvalue weighted by Crippen LogP contribution is -2.08. The van der Waals surface area contributed by atoms with E-state index in [2.05, 4.69) is 0 Å². The third kappa shape index (κ3) is 4.72. The molecular weight excluding hydrogens is 409 g/mol. The van der Waals surface area contributed by atoms with Crippen molar-refractivity contribution in [3.05, 3.63) is 82.9 Å². The molecule has 3 rings (SSSR count). The third-order valence-corrected chi connectivity index (χ3v) is 4.93. The quantitative estimate of drug-likeness (QED) is 0.527. The van der Waals surface area contributed by atoms with Crippen molar-refractivity contribution in [3.8, 4) is 22.6 Å². The number of aliphatic hydroxyl groups is 1. The Morgan fingerprint density at radius 2 is 1.52 bits per heavy atom. The number of ketones is 1. The van der Waals surface area contributed by atoms with Crippen LogP contribution in [0, 0.1) is 0 Å². The zero-order valence-electron chi connectivity index (χ0n) is 17.0. The van der Waals surface area contributed by atoms with Crippen LogP contribution in [0.5, 0.6) is 11.5 Å². The molecule has 0 aliphatic heterocycles. The summed E-state index contributed by atoms with van der Waals surface area (Å²) in [6, 6.07) is 14.4. The standard InChI is InChI=1S/C24H21F3O4/c1-30-21-13-16(11-12-28)20(14-22(21)31-2)18-5-3-4-6-19(18)23(29)15-7-9-17(10-8-15)24(25,26)27/h3-10,13-14,28H,11-12H2,1-2H3. The SMILES string of the molecule is COc1cc(CCO)c(-c2ccccc2C(=O)c2ccc(C(F)(F)F)cc2)cc1OC. The third-order valence-electron chi connectivity index (χ3n) is 4.93. The first kappa shape index (κ1) is 22.4. The van der Waals surface area contributed by atoms with Gasteiger partial charge in [0.15, 0.2) is 17.3 Å². The predicted molar refractivity (Wildman–Crippen MR) is 111 cm³/mol. The van der Waals surface area contributed by atoms with Crippen LogP contribution < -0.4 is 9.47 Å². The highest BCUT2D eigenvalue weighted by Crippen LogP contribution is 2.38. The first-order valence-corrected chi connectivity index (χ1v) is 9.47. The Hall–Kier alpha value is -3.32. The number of carbonyl (C=O) groups excluding carboxylic acids is 1. The molecule has 31 heavy (non-hydrogen) atoms. The zero-order chi connectivity index (χ0) is 22.6. The zero-order valence-corrected chi connectivity index (χ0v) is 17.0. The first-order chi connectivity index (χ1) is 14.8. The summed E-state index contributed by atoms with van der Waals surface area (Å²) in [5.74, 6) is 0.534. The maximum absolute atomic E-state index is 13.2. The van der Waals surface area contributed by atoms with E-state index in [1.54, 1.807) is 36.4 Å². The van der Waals surface area contributed by atoms with Crippen LogP contribution >= 0.6 is 0 Å². The fourth-order valence-corrected chi connectivity index (χ4v) is 3.38. The molecule has 0 atom stereocenters. The van der Waals surface area contributed by atoms with Crippen molar-refractivity contribution >= 4 is 5.78 Å². The van der Waals surface area contributed by atoms with Gasteiger partial charge < -0.3 is 14.6 Å². The second-order valence-corrected chi connectivity index (χ2v) is 6.79. The lowest BCUT2D eigenvalue weighted by Gasteiger charge is -2.17. The molecule has 3 aromatic carbocycles. The van der Waals surface area contributed by atoms with Gasteiger partial charge in [0.05, 0.1) is 19.8 Å². The van der Waals surface area contributed by atoms with Crippen molar-refractivity contribution in [3.63, 3.8) is 0 Å². The van der Waals surface area contributed by atoms with E-state index >= 15 is 0 Å². The van der Waals surface area contributed by atoms with E-state index in [1.807, 2.05) is 0 Å². The van der Waals surface area contributed by atoms with Crippen LogP contribution in [-0.2, 0) is 12.6 Å². The van der Waals surface area contributed by atoms with E-state index in [1.165, 1.54) is 26.4 Å². The Morgan fingerprint density at radius 1 is 0.903 bits per heavy atom. The van der Waals surface area contributed by atoms with Gasteiger partial charge in [-0.05, 0) is 47.4 Å². The number of methoxy groups -OCH3 is 2. The average Bonchev–Trinajstić information content (AvgIpc) is 2.78. The fourth-order valence-electron chi connectivity index (χ4n) is 3.38. The summed E-state index contributed by atoms with van der Waals surface area (Å²) in [5.41, 5.74) is 1.65. The Morgan fingerprint density at radius 3 is 2.10 bits per heavy atom. The summed E-state index contributed by atoms with van der Waals surface area (Å²) in [6.07, 6.45) is -4.16. The molecule has 0 saturated carbocycles. The van der Waals surface area contributed by atoms with Gasteiger partial charge in [0, 0.05) is 17.7 Å². The highest BCUT2D eigenvalue weighted by Gasteiger charge is 2.30. The summed E-state index contributed by atoms with van der Waals surface area (Å²) in [4.78, 5) is 13.2. The molecule has 0 bridgehead atoms. The van der Waals surface area contributed by atoms with E-state index in [0.717, 1.165) is 17.7 Å². The molecule has 3 aromatic rings. The van der Waals surface area contributed by atoms with Crippen LogP contribution in [0.25, 0.3) is 11.1 Å². The van der Waals surface area contributed by atoms with Crippen LogP contribution in [0.1, 0.15) is 27.0 Å². The lowest BCUT2D eigenvalue weighted by atomic mass is 9.90. The van der Waals surface area contributed by atoms with Crippen LogP contribution in [0.15, 0.2) is 60.7 Å². The number of hydrogen-bond donors (Lipinski definition) is 1. The van der Waals surface area contributed by atoms with Crippen molar-refractivity contribution in [2.45, 2.75) is 12.6 Å². The maximum Gasteiger partial charge on any atom is 0.416 e. The van der Waals surface area contributed by atoms with Crippen LogP contribution in [-0.4, -0.2) is 31.7 Å². The van der Waals surface area contributed by atoms with Crippen LogP contribution in [0.4, 0.5) is 13.2 Å². The topological polar surface area (TPSA) is 55.8 Å². The van der Waals surface area contributed by atoms with Crippen molar-refractivity contribution in [1.82, 2.24) is 0 Å². The molecule has 0 fully saturated rings. The Balaban J connectivity index is 2.11. The number of hydrogen-bond acceptors (Lipinski definition) is 4. The number of carbonyl (C=O) groups is 1. The van der Waals surface area contributed by atoms with E-state index in [0.29, 0.717) is 34.6 Å². The molecule has 162 valence electrons. The van der Waals surface area contributed by atoms with Crippen molar-refractivity contribution in [2.24, 2.45) is 0 Å². The van der Waals surface area contributed by atoms with Crippen molar-refractivity contribution in [1.29, 1.82) is 0 Å². The van der Waals surface area contributed by atoms with Crippen molar-refractivity contribution < 1.29 is 32.5 Å². The molecule has 0 aromatic heterocycles. The highest BCUT2D eigenvalue weighted by molar-refractivity contribution is 6.13. The summed E-state index contributed by atoms with van der Waals surface area (Å²) < 4.78 is 49.3. The molecule has 7 heteroatoms. The number of aliphatic hydroxyl groups excluding tert-OH is 1. The van der Waals surface area contributed by atoms with E-state index in [9.17, 15) is 23.1 Å². The van der Waals surface area contributed by atoms with Crippen molar-refractivity contribution in [2.75, 3.05) is 20.8 Å². The molecule has 0 amide bonds. The van der Waals surface area contributed by atoms with Gasteiger partial charge in [-0.15, -0.1) is 0 Å². The minimum atomic E-state index is -4.47. The molecule has 0 saturated heterocycles. The Labute approximate surface area is 177 Å². The Kier molecular flexibility index (Phi) is 6.65. The minimum absolute atomic E-state index is 0.114. The van der Waals surface area contributed by atoms with Gasteiger partial charge in [-0.25, -0.2) is 0 Å². The normalized spacial score (nSPS) is 11.3. The summed E-state index contributed by atoms with van der Waals surface area (Å²) in [6.45, 7) is -0.114. The molecule has 0 aliphatic rings. The second kappa shape index (κ2) is 9.22. The molecule has 1 N–H and O–H groups in total. The molecule has 0 unspecified atom stereocenters. The number of alkyl halides is 3. The van der Waals surface area contributed by atoms with Gasteiger partial charge in [-0.3, -0.25) is 4.79 Å². The van der Waals surface area contributed by atoms with Crippen LogP contribution in [0.3, 0.4) is 0 Å². The van der Waals surface area contributed by atoms with E-state index in [-0.39, 0.29) is 12.2 Å². The van der Waals surface area contributed by atoms with Gasteiger partial charge in [0.1, 0.15) is 0 Å². The molecule has 0 radical (unpaired) electrons. The summed E-state index contributed by atoms with van der Waals surface area (Å²) in [5, 5.41) is 9.50. The number of benzene rings is 3. The number of halogens is 3. The molecule has 0 spiro atoms. The van der Waals surface area contributed by atoms with Gasteiger partial charge in [-0.2, -0.15) is 13.2 Å². The van der Waals surface area contributed by atoms with Gasteiger partial charge in [-0.1, -0.05) is 36.4 Å².